The Hall–Kier alpha value is -2.69. The van der Waals surface area contributed by atoms with E-state index >= 15 is 0 Å². The summed E-state index contributed by atoms with van der Waals surface area (Å²) in [6, 6.07) is 12.4. The van der Waals surface area contributed by atoms with Gasteiger partial charge in [0.15, 0.2) is 0 Å². The fourth-order valence-electron chi connectivity index (χ4n) is 3.06. The summed E-state index contributed by atoms with van der Waals surface area (Å²) in [4.78, 5) is 18.1. The van der Waals surface area contributed by atoms with Gasteiger partial charge >= 0.3 is 0 Å². The van der Waals surface area contributed by atoms with E-state index in [1.165, 1.54) is 0 Å². The number of aromatic nitrogens is 3. The maximum absolute atomic E-state index is 4.62. The summed E-state index contributed by atoms with van der Waals surface area (Å²) in [6.07, 6.45) is 2.93. The van der Waals surface area contributed by atoms with Gasteiger partial charge in [0.05, 0.1) is 23.4 Å². The summed E-state index contributed by atoms with van der Waals surface area (Å²) in [7, 11) is 4.16. The van der Waals surface area contributed by atoms with Crippen LogP contribution in [0.5, 0.6) is 0 Å². The first-order chi connectivity index (χ1) is 12.1. The molecule has 0 atom stereocenters. The Balaban J connectivity index is 1.88. The first kappa shape index (κ1) is 17.1. The van der Waals surface area contributed by atoms with Gasteiger partial charge in [-0.3, -0.25) is 4.98 Å². The number of rotatable bonds is 6. The molecule has 0 bridgehead atoms. The van der Waals surface area contributed by atoms with Crippen molar-refractivity contribution in [2.45, 2.75) is 26.8 Å². The van der Waals surface area contributed by atoms with Gasteiger partial charge < -0.3 is 9.80 Å². The van der Waals surface area contributed by atoms with Crippen LogP contribution in [0.4, 0.5) is 11.5 Å². The summed E-state index contributed by atoms with van der Waals surface area (Å²) in [5, 5.41) is 1.15. The highest BCUT2D eigenvalue weighted by Gasteiger charge is 2.11. The lowest BCUT2D eigenvalue weighted by molar-refractivity contribution is 0.810. The maximum atomic E-state index is 4.62. The van der Waals surface area contributed by atoms with Crippen molar-refractivity contribution in [2.24, 2.45) is 0 Å². The minimum atomic E-state index is 0.714. The Bertz CT molecular complexity index is 856. The molecule has 5 nitrogen and oxygen atoms in total. The van der Waals surface area contributed by atoms with Crippen molar-refractivity contribution in [2.75, 3.05) is 30.4 Å². The van der Waals surface area contributed by atoms with E-state index in [0.29, 0.717) is 6.54 Å². The Morgan fingerprint density at radius 1 is 1.00 bits per heavy atom. The number of hydrogen-bond donors (Lipinski definition) is 0. The van der Waals surface area contributed by atoms with Gasteiger partial charge in [-0.15, -0.1) is 0 Å². The average Bonchev–Trinajstić information content (AvgIpc) is 2.61. The molecule has 0 spiro atoms. The molecule has 2 aromatic heterocycles. The van der Waals surface area contributed by atoms with Gasteiger partial charge in [0, 0.05) is 38.3 Å². The van der Waals surface area contributed by atoms with E-state index in [0.717, 1.165) is 46.9 Å². The van der Waals surface area contributed by atoms with Crippen molar-refractivity contribution in [3.63, 3.8) is 0 Å². The second-order valence-corrected chi connectivity index (χ2v) is 6.39. The second kappa shape index (κ2) is 7.47. The van der Waals surface area contributed by atoms with Crippen LogP contribution in [-0.2, 0) is 6.54 Å². The van der Waals surface area contributed by atoms with Crippen molar-refractivity contribution in [1.29, 1.82) is 0 Å². The lowest BCUT2D eigenvalue weighted by Crippen LogP contribution is -2.22. The van der Waals surface area contributed by atoms with Crippen LogP contribution in [0.1, 0.15) is 24.9 Å². The topological polar surface area (TPSA) is 45.2 Å². The largest absolute Gasteiger partial charge is 0.367 e. The van der Waals surface area contributed by atoms with E-state index in [-0.39, 0.29) is 0 Å². The number of benzene rings is 1. The highest BCUT2D eigenvalue weighted by atomic mass is 15.2. The van der Waals surface area contributed by atoms with Crippen LogP contribution in [0, 0.1) is 6.92 Å². The molecular formula is C20H25N5. The molecule has 0 aliphatic carbocycles. The standard InChI is InChI=1S/C20H25N5/c1-5-12-24(3)19-13-17(22-15(2)23-19)14-25(4)18-10-6-8-16-9-7-11-21-20(16)18/h6-11,13H,5,12,14H2,1-4H3. The van der Waals surface area contributed by atoms with Crippen LogP contribution in [-0.4, -0.2) is 35.6 Å². The molecule has 0 N–H and O–H groups in total. The number of pyridine rings is 1. The van der Waals surface area contributed by atoms with Crippen molar-refractivity contribution >= 4 is 22.4 Å². The van der Waals surface area contributed by atoms with Crippen molar-refractivity contribution < 1.29 is 0 Å². The Kier molecular flexibility index (Phi) is 5.12. The van der Waals surface area contributed by atoms with Gasteiger partial charge in [-0.05, 0) is 25.5 Å². The predicted molar refractivity (Wildman–Crippen MR) is 104 cm³/mol. The van der Waals surface area contributed by atoms with Crippen molar-refractivity contribution in [3.8, 4) is 0 Å². The third-order valence-corrected chi connectivity index (χ3v) is 4.25. The summed E-state index contributed by atoms with van der Waals surface area (Å²) in [5.74, 6) is 1.79. The highest BCUT2D eigenvalue weighted by Crippen LogP contribution is 2.25. The molecule has 0 saturated carbocycles. The number of aryl methyl sites for hydroxylation is 1. The van der Waals surface area contributed by atoms with Crippen LogP contribution in [0.25, 0.3) is 10.9 Å². The molecule has 1 aromatic carbocycles. The number of fused-ring (bicyclic) bond motifs is 1. The van der Waals surface area contributed by atoms with Crippen LogP contribution in [0.15, 0.2) is 42.6 Å². The van der Waals surface area contributed by atoms with Crippen LogP contribution >= 0.6 is 0 Å². The fourth-order valence-corrected chi connectivity index (χ4v) is 3.06. The van der Waals surface area contributed by atoms with E-state index in [2.05, 4.69) is 76.1 Å². The molecule has 0 unspecified atom stereocenters. The molecule has 3 aromatic rings. The molecular weight excluding hydrogens is 310 g/mol. The Labute approximate surface area is 149 Å². The van der Waals surface area contributed by atoms with Crippen molar-refractivity contribution in [3.05, 3.63) is 54.1 Å². The first-order valence-electron chi connectivity index (χ1n) is 8.69. The van der Waals surface area contributed by atoms with Gasteiger partial charge in [-0.25, -0.2) is 9.97 Å². The maximum Gasteiger partial charge on any atom is 0.132 e. The third kappa shape index (κ3) is 3.87. The molecule has 0 radical (unpaired) electrons. The molecule has 25 heavy (non-hydrogen) atoms. The zero-order valence-corrected chi connectivity index (χ0v) is 15.4. The number of para-hydroxylation sites is 1. The fraction of sp³-hybridized carbons (Fsp3) is 0.350. The summed E-state index contributed by atoms with van der Waals surface area (Å²) < 4.78 is 0. The molecule has 0 amide bonds. The van der Waals surface area contributed by atoms with Gasteiger partial charge in [-0.2, -0.15) is 0 Å². The van der Waals surface area contributed by atoms with Crippen molar-refractivity contribution in [1.82, 2.24) is 15.0 Å². The Morgan fingerprint density at radius 3 is 2.60 bits per heavy atom. The molecule has 0 aliphatic rings. The van der Waals surface area contributed by atoms with E-state index in [1.807, 2.05) is 19.2 Å². The molecule has 0 saturated heterocycles. The zero-order valence-electron chi connectivity index (χ0n) is 15.4. The van der Waals surface area contributed by atoms with Crippen LogP contribution < -0.4 is 9.80 Å². The smallest absolute Gasteiger partial charge is 0.132 e. The number of anilines is 2. The van der Waals surface area contributed by atoms with Gasteiger partial charge in [0.1, 0.15) is 11.6 Å². The summed E-state index contributed by atoms with van der Waals surface area (Å²) >= 11 is 0. The van der Waals surface area contributed by atoms with Crippen LogP contribution in [0.3, 0.4) is 0 Å². The minimum Gasteiger partial charge on any atom is -0.367 e. The molecule has 0 fully saturated rings. The second-order valence-electron chi connectivity index (χ2n) is 6.39. The average molecular weight is 335 g/mol. The first-order valence-corrected chi connectivity index (χ1v) is 8.69. The Morgan fingerprint density at radius 2 is 1.80 bits per heavy atom. The molecule has 2 heterocycles. The van der Waals surface area contributed by atoms with Crippen LogP contribution in [0.2, 0.25) is 0 Å². The normalized spacial score (nSPS) is 10.9. The van der Waals surface area contributed by atoms with Gasteiger partial charge in [0.25, 0.3) is 0 Å². The van der Waals surface area contributed by atoms with E-state index in [1.54, 1.807) is 0 Å². The lowest BCUT2D eigenvalue weighted by atomic mass is 10.1. The van der Waals surface area contributed by atoms with Gasteiger partial charge in [-0.1, -0.05) is 25.1 Å². The molecule has 5 heteroatoms. The molecule has 130 valence electrons. The quantitative estimate of drug-likeness (QED) is 0.685. The SMILES string of the molecule is CCCN(C)c1cc(CN(C)c2cccc3cccnc23)nc(C)n1. The van der Waals surface area contributed by atoms with E-state index < -0.39 is 0 Å². The molecule has 3 rings (SSSR count). The lowest BCUT2D eigenvalue weighted by Gasteiger charge is -2.22. The highest BCUT2D eigenvalue weighted by molar-refractivity contribution is 5.90. The minimum absolute atomic E-state index is 0.714. The monoisotopic (exact) mass is 335 g/mol. The predicted octanol–water partition coefficient (Wildman–Crippen LogP) is 3.82. The number of hydrogen-bond acceptors (Lipinski definition) is 5. The number of nitrogens with zero attached hydrogens (tertiary/aromatic N) is 5. The summed E-state index contributed by atoms with van der Waals surface area (Å²) in [5.41, 5.74) is 3.14. The van der Waals surface area contributed by atoms with Gasteiger partial charge in [0.2, 0.25) is 0 Å². The summed E-state index contributed by atoms with van der Waals surface area (Å²) in [6.45, 7) is 5.82. The third-order valence-electron chi connectivity index (χ3n) is 4.25. The van der Waals surface area contributed by atoms with E-state index in [9.17, 15) is 0 Å². The molecule has 0 aliphatic heterocycles. The zero-order chi connectivity index (χ0) is 17.8. The van der Waals surface area contributed by atoms with E-state index in [4.69, 9.17) is 0 Å².